The number of methoxy groups -OCH3 is 1. The van der Waals surface area contributed by atoms with Crippen molar-refractivity contribution in [3.8, 4) is 11.4 Å². The predicted molar refractivity (Wildman–Crippen MR) is 111 cm³/mol. The van der Waals surface area contributed by atoms with E-state index in [1.807, 2.05) is 45.0 Å². The molecule has 0 bridgehead atoms. The van der Waals surface area contributed by atoms with Crippen LogP contribution in [0.2, 0.25) is 5.02 Å². The number of H-pyrrole nitrogens is 1. The van der Waals surface area contributed by atoms with Crippen LogP contribution in [-0.2, 0) is 26.3 Å². The number of carbonyl (C=O) groups is 2. The molecular weight excluding hydrogens is 410 g/mol. The topological polar surface area (TPSA) is 111 Å². The summed E-state index contributed by atoms with van der Waals surface area (Å²) in [7, 11) is 1.29. The van der Waals surface area contributed by atoms with Gasteiger partial charge in [0.1, 0.15) is 11.6 Å². The quantitative estimate of drug-likeness (QED) is 0.576. The Morgan fingerprint density at radius 2 is 2.00 bits per heavy atom. The zero-order valence-electron chi connectivity index (χ0n) is 17.3. The van der Waals surface area contributed by atoms with Gasteiger partial charge in [0, 0.05) is 23.1 Å². The number of aromatic amines is 1. The molecule has 1 amide bonds. The molecule has 0 aliphatic rings. The van der Waals surface area contributed by atoms with E-state index in [-0.39, 0.29) is 25.0 Å². The fourth-order valence-corrected chi connectivity index (χ4v) is 3.29. The van der Waals surface area contributed by atoms with Crippen LogP contribution in [0, 0.1) is 0 Å². The Hall–Kier alpha value is -3.07. The van der Waals surface area contributed by atoms with Crippen LogP contribution in [0.1, 0.15) is 38.4 Å². The highest BCUT2D eigenvalue weighted by atomic mass is 35.5. The van der Waals surface area contributed by atoms with E-state index in [2.05, 4.69) is 25.2 Å². The molecule has 10 heteroatoms. The monoisotopic (exact) mass is 433 g/mol. The van der Waals surface area contributed by atoms with Crippen molar-refractivity contribution in [1.82, 2.24) is 25.1 Å². The number of carbonyl (C=O) groups excluding carboxylic acids is 2. The van der Waals surface area contributed by atoms with Crippen LogP contribution in [0.25, 0.3) is 17.0 Å². The average molecular weight is 434 g/mol. The van der Waals surface area contributed by atoms with Gasteiger partial charge in [-0.3, -0.25) is 9.89 Å². The molecule has 3 aromatic rings. The number of alkyl carbamates (subject to hydrolysis) is 1. The van der Waals surface area contributed by atoms with Gasteiger partial charge in [-0.2, -0.15) is 4.63 Å². The summed E-state index contributed by atoms with van der Waals surface area (Å²) in [5.41, 5.74) is 2.68. The number of nitrogens with one attached hydrogen (secondary N) is 2. The van der Waals surface area contributed by atoms with E-state index >= 15 is 0 Å². The third-order valence-electron chi connectivity index (χ3n) is 4.43. The van der Waals surface area contributed by atoms with E-state index in [1.54, 1.807) is 4.63 Å². The summed E-state index contributed by atoms with van der Waals surface area (Å²) in [6, 6.07) is 7.37. The fraction of sp³-hybridized carbons (Fsp3) is 0.400. The molecule has 0 fully saturated rings. The van der Waals surface area contributed by atoms with Crippen LogP contribution in [0.15, 0.2) is 24.3 Å². The number of ether oxygens (including phenoxy) is 2. The van der Waals surface area contributed by atoms with Crippen LogP contribution >= 0.6 is 11.6 Å². The molecule has 3 rings (SSSR count). The number of hydrogen-bond donors (Lipinski definition) is 2. The van der Waals surface area contributed by atoms with Gasteiger partial charge in [-0.25, -0.2) is 9.78 Å². The highest BCUT2D eigenvalue weighted by molar-refractivity contribution is 6.34. The van der Waals surface area contributed by atoms with E-state index in [4.69, 9.17) is 16.3 Å². The number of fused-ring (bicyclic) bond motifs is 1. The first kappa shape index (κ1) is 21.6. The molecular formula is C20H24ClN5O4. The molecule has 2 aromatic heterocycles. The largest absolute Gasteiger partial charge is 0.469 e. The number of halogens is 1. The van der Waals surface area contributed by atoms with Crippen molar-refractivity contribution in [3.05, 3.63) is 40.5 Å². The maximum Gasteiger partial charge on any atom is 0.407 e. The molecule has 0 atom stereocenters. The maximum atomic E-state index is 11.9. The van der Waals surface area contributed by atoms with E-state index < -0.39 is 12.1 Å². The summed E-state index contributed by atoms with van der Waals surface area (Å²) < 4.78 is 11.3. The van der Waals surface area contributed by atoms with Crippen molar-refractivity contribution in [2.45, 2.75) is 39.2 Å². The Labute approximate surface area is 178 Å². The molecule has 1 aromatic carbocycles. The molecule has 0 aliphatic carbocycles. The second-order valence-corrected chi connectivity index (χ2v) is 8.09. The van der Waals surface area contributed by atoms with Gasteiger partial charge in [0.15, 0.2) is 11.5 Å². The van der Waals surface area contributed by atoms with E-state index in [0.717, 1.165) is 16.8 Å². The lowest BCUT2D eigenvalue weighted by atomic mass is 9.92. The van der Waals surface area contributed by atoms with Gasteiger partial charge in [-0.05, 0) is 0 Å². The van der Waals surface area contributed by atoms with Crippen LogP contribution in [-0.4, -0.2) is 45.5 Å². The third kappa shape index (κ3) is 4.73. The van der Waals surface area contributed by atoms with Crippen molar-refractivity contribution >= 4 is 29.3 Å². The van der Waals surface area contributed by atoms with Crippen molar-refractivity contribution in [2.75, 3.05) is 13.7 Å². The van der Waals surface area contributed by atoms with Gasteiger partial charge in [0.05, 0.1) is 19.2 Å². The smallest absolute Gasteiger partial charge is 0.407 e. The Balaban J connectivity index is 1.74. The number of esters is 1. The standard InChI is InChI=1S/C20H24ClN5O4/c1-20(2,3)16-15(21)18-23-17(25-26(18)24-16)13-8-6-5-7-12(13)11-30-19(28)22-10-9-14(27)29-4/h5-8,24H,9-11H2,1-4H3,(H,22,28). The zero-order chi connectivity index (χ0) is 21.9. The Bertz CT molecular complexity index is 1070. The summed E-state index contributed by atoms with van der Waals surface area (Å²) in [5.74, 6) is 0.0596. The van der Waals surface area contributed by atoms with E-state index in [9.17, 15) is 9.59 Å². The summed E-state index contributed by atoms with van der Waals surface area (Å²) in [4.78, 5) is 27.5. The van der Waals surface area contributed by atoms with Gasteiger partial charge in [0.25, 0.3) is 0 Å². The average Bonchev–Trinajstić information content (AvgIpc) is 3.25. The first-order chi connectivity index (χ1) is 14.2. The first-order valence-corrected chi connectivity index (χ1v) is 9.79. The van der Waals surface area contributed by atoms with Crippen molar-refractivity contribution < 1.29 is 19.1 Å². The van der Waals surface area contributed by atoms with Crippen LogP contribution in [0.4, 0.5) is 4.79 Å². The normalized spacial score (nSPS) is 11.5. The number of amides is 1. The fourth-order valence-electron chi connectivity index (χ4n) is 2.84. The third-order valence-corrected chi connectivity index (χ3v) is 4.79. The van der Waals surface area contributed by atoms with E-state index in [0.29, 0.717) is 16.5 Å². The highest BCUT2D eigenvalue weighted by Gasteiger charge is 2.24. The molecule has 160 valence electrons. The molecule has 0 saturated carbocycles. The van der Waals surface area contributed by atoms with Crippen LogP contribution in [0.3, 0.4) is 0 Å². The SMILES string of the molecule is COC(=O)CCNC(=O)OCc1ccccc1-c1nc2c(Cl)c(C(C)(C)C)[nH]n2n1. The number of benzene rings is 1. The van der Waals surface area contributed by atoms with Gasteiger partial charge in [-0.15, -0.1) is 5.10 Å². The van der Waals surface area contributed by atoms with Gasteiger partial charge >= 0.3 is 12.1 Å². The molecule has 2 heterocycles. The lowest BCUT2D eigenvalue weighted by Gasteiger charge is -2.16. The van der Waals surface area contributed by atoms with Crippen molar-refractivity contribution in [2.24, 2.45) is 0 Å². The lowest BCUT2D eigenvalue weighted by Crippen LogP contribution is -2.27. The predicted octanol–water partition coefficient (Wildman–Crippen LogP) is 3.46. The molecule has 9 nitrogen and oxygen atoms in total. The Morgan fingerprint density at radius 3 is 2.67 bits per heavy atom. The minimum absolute atomic E-state index is 0.0222. The zero-order valence-corrected chi connectivity index (χ0v) is 18.0. The second kappa shape index (κ2) is 8.74. The number of nitrogens with zero attached hydrogens (tertiary/aromatic N) is 3. The van der Waals surface area contributed by atoms with Crippen LogP contribution < -0.4 is 5.32 Å². The van der Waals surface area contributed by atoms with Gasteiger partial charge in [0.2, 0.25) is 0 Å². The summed E-state index contributed by atoms with van der Waals surface area (Å²) in [6.07, 6.45) is -0.555. The molecule has 0 aliphatic heterocycles. The Kier molecular flexibility index (Phi) is 6.31. The number of rotatable bonds is 6. The first-order valence-electron chi connectivity index (χ1n) is 9.41. The van der Waals surface area contributed by atoms with E-state index in [1.165, 1.54) is 7.11 Å². The summed E-state index contributed by atoms with van der Waals surface area (Å²) in [5, 5.41) is 10.7. The van der Waals surface area contributed by atoms with Gasteiger partial charge < -0.3 is 14.8 Å². The Morgan fingerprint density at radius 1 is 1.27 bits per heavy atom. The van der Waals surface area contributed by atoms with Crippen LogP contribution in [0.5, 0.6) is 0 Å². The molecule has 0 radical (unpaired) electrons. The molecule has 0 saturated heterocycles. The molecule has 0 spiro atoms. The van der Waals surface area contributed by atoms with Crippen molar-refractivity contribution in [1.29, 1.82) is 0 Å². The summed E-state index contributed by atoms with van der Waals surface area (Å²) in [6.45, 7) is 6.30. The lowest BCUT2D eigenvalue weighted by molar-refractivity contribution is -0.140. The molecule has 0 unspecified atom stereocenters. The second-order valence-electron chi connectivity index (χ2n) is 7.71. The maximum absolute atomic E-state index is 11.9. The summed E-state index contributed by atoms with van der Waals surface area (Å²) >= 11 is 6.50. The highest BCUT2D eigenvalue weighted by Crippen LogP contribution is 2.32. The molecule has 30 heavy (non-hydrogen) atoms. The molecule has 2 N–H and O–H groups in total. The minimum Gasteiger partial charge on any atom is -0.469 e. The van der Waals surface area contributed by atoms with Gasteiger partial charge in [-0.1, -0.05) is 56.6 Å². The minimum atomic E-state index is -0.628. The number of hydrogen-bond acceptors (Lipinski definition) is 6. The van der Waals surface area contributed by atoms with Crippen molar-refractivity contribution in [3.63, 3.8) is 0 Å². The number of aromatic nitrogens is 4.